The third-order valence-electron chi connectivity index (χ3n) is 13.5. The van der Waals surface area contributed by atoms with Gasteiger partial charge in [-0.3, -0.25) is 9.59 Å². The van der Waals surface area contributed by atoms with Gasteiger partial charge in [0.25, 0.3) is 0 Å². The number of hydrogen-bond acceptors (Lipinski definition) is 5. The van der Waals surface area contributed by atoms with Crippen LogP contribution in [0, 0.1) is 0 Å². The van der Waals surface area contributed by atoms with Crippen LogP contribution in [-0.2, 0) is 14.3 Å². The summed E-state index contributed by atoms with van der Waals surface area (Å²) in [7, 11) is 0. The molecule has 0 spiro atoms. The number of esters is 1. The van der Waals surface area contributed by atoms with E-state index in [0.717, 1.165) is 57.8 Å². The molecule has 1 amide bonds. The minimum Gasteiger partial charge on any atom is -0.466 e. The van der Waals surface area contributed by atoms with Crippen LogP contribution in [0.25, 0.3) is 0 Å². The lowest BCUT2D eigenvalue weighted by atomic mass is 10.0. The number of carbonyl (C=O) groups excluding carboxylic acids is 2. The van der Waals surface area contributed by atoms with Crippen LogP contribution in [-0.4, -0.2) is 47.4 Å². The summed E-state index contributed by atoms with van der Waals surface area (Å²) in [4.78, 5) is 24.6. The molecule has 6 heteroatoms. The molecule has 6 nitrogen and oxygen atoms in total. The quantitative estimate of drug-likeness (QED) is 0.0321. The van der Waals surface area contributed by atoms with Gasteiger partial charge in [0, 0.05) is 12.8 Å². The number of hydrogen-bond donors (Lipinski definition) is 3. The molecule has 65 heavy (non-hydrogen) atoms. The van der Waals surface area contributed by atoms with Crippen LogP contribution in [0.3, 0.4) is 0 Å². The third-order valence-corrected chi connectivity index (χ3v) is 13.5. The number of rotatable bonds is 54. The first-order valence-corrected chi connectivity index (χ1v) is 29.1. The highest BCUT2D eigenvalue weighted by Gasteiger charge is 2.20. The fraction of sp³-hybridized carbons (Fsp3) is 0.898. The molecule has 0 bridgehead atoms. The molecule has 0 aliphatic heterocycles. The van der Waals surface area contributed by atoms with E-state index in [9.17, 15) is 19.8 Å². The second-order valence-corrected chi connectivity index (χ2v) is 20.0. The monoisotopic (exact) mass is 916 g/mol. The van der Waals surface area contributed by atoms with Crippen molar-refractivity contribution >= 4 is 11.9 Å². The van der Waals surface area contributed by atoms with Crippen molar-refractivity contribution in [1.29, 1.82) is 0 Å². The predicted molar refractivity (Wildman–Crippen MR) is 283 cm³/mol. The van der Waals surface area contributed by atoms with Gasteiger partial charge in [-0.2, -0.15) is 0 Å². The van der Waals surface area contributed by atoms with E-state index in [1.165, 1.54) is 225 Å². The summed E-state index contributed by atoms with van der Waals surface area (Å²) < 4.78 is 5.47. The molecule has 0 aliphatic rings. The molecule has 2 atom stereocenters. The fourth-order valence-corrected chi connectivity index (χ4v) is 9.02. The Morgan fingerprint density at radius 3 is 1.20 bits per heavy atom. The van der Waals surface area contributed by atoms with Gasteiger partial charge < -0.3 is 20.3 Å². The molecule has 0 aliphatic carbocycles. The van der Waals surface area contributed by atoms with Gasteiger partial charge in [0.15, 0.2) is 0 Å². The Morgan fingerprint density at radius 1 is 0.431 bits per heavy atom. The maximum absolute atomic E-state index is 12.5. The van der Waals surface area contributed by atoms with Crippen LogP contribution in [0.1, 0.15) is 316 Å². The smallest absolute Gasteiger partial charge is 0.305 e. The molecule has 3 N–H and O–H groups in total. The van der Waals surface area contributed by atoms with Crippen LogP contribution in [0.2, 0.25) is 0 Å². The van der Waals surface area contributed by atoms with E-state index in [2.05, 4.69) is 43.5 Å². The van der Waals surface area contributed by atoms with Crippen molar-refractivity contribution in [1.82, 2.24) is 5.32 Å². The van der Waals surface area contributed by atoms with Gasteiger partial charge in [-0.05, 0) is 57.8 Å². The molecule has 384 valence electrons. The summed E-state index contributed by atoms with van der Waals surface area (Å²) in [6.45, 7) is 4.91. The molecule has 0 aromatic heterocycles. The Hall–Kier alpha value is -1.66. The summed E-state index contributed by atoms with van der Waals surface area (Å²) in [5.41, 5.74) is 0. The lowest BCUT2D eigenvalue weighted by Gasteiger charge is -2.22. The molecule has 0 heterocycles. The third kappa shape index (κ3) is 51.6. The molecule has 0 radical (unpaired) electrons. The second kappa shape index (κ2) is 54.9. The van der Waals surface area contributed by atoms with Gasteiger partial charge in [0.1, 0.15) is 0 Å². The molecule has 0 saturated carbocycles. The van der Waals surface area contributed by atoms with E-state index < -0.39 is 12.1 Å². The van der Waals surface area contributed by atoms with Crippen LogP contribution in [0.5, 0.6) is 0 Å². The van der Waals surface area contributed by atoms with Crippen LogP contribution in [0.15, 0.2) is 24.3 Å². The maximum atomic E-state index is 12.5. The average Bonchev–Trinajstić information content (AvgIpc) is 3.31. The summed E-state index contributed by atoms with van der Waals surface area (Å²) in [6, 6.07) is -0.552. The number of unbranched alkanes of at least 4 members (excludes halogenated alkanes) is 39. The van der Waals surface area contributed by atoms with Crippen molar-refractivity contribution in [3.8, 4) is 0 Å². The van der Waals surface area contributed by atoms with E-state index in [1.807, 2.05) is 0 Å². The molecule has 0 aromatic carbocycles. The largest absolute Gasteiger partial charge is 0.466 e. The number of carbonyl (C=O) groups is 2. The number of amides is 1. The first-order valence-electron chi connectivity index (χ1n) is 29.1. The highest BCUT2D eigenvalue weighted by molar-refractivity contribution is 5.76. The number of aliphatic hydroxyl groups is 2. The topological polar surface area (TPSA) is 95.9 Å². The SMILES string of the molecule is CCCCC/C=C\C/C=C\CCCCCCCCCC(=O)OCCCCCCCCCCCCCCCC(=O)NC(CO)C(O)CCCCCCCCCCCCCCCCCCCC. The van der Waals surface area contributed by atoms with Crippen molar-refractivity contribution in [2.24, 2.45) is 0 Å². The molecular formula is C59H113NO5. The Bertz CT molecular complexity index is 1010. The van der Waals surface area contributed by atoms with E-state index in [4.69, 9.17) is 4.74 Å². The summed E-state index contributed by atoms with van der Waals surface area (Å²) in [5.74, 6) is -0.0585. The molecule has 0 aromatic rings. The van der Waals surface area contributed by atoms with Gasteiger partial charge in [0.2, 0.25) is 5.91 Å². The predicted octanol–water partition coefficient (Wildman–Crippen LogP) is 17.9. The number of nitrogens with one attached hydrogen (secondary N) is 1. The van der Waals surface area contributed by atoms with Crippen molar-refractivity contribution in [2.45, 2.75) is 328 Å². The molecular weight excluding hydrogens is 803 g/mol. The Kier molecular flexibility index (Phi) is 53.5. The Balaban J connectivity index is 3.45. The molecule has 0 saturated heterocycles. The number of aliphatic hydroxyl groups excluding tert-OH is 2. The Morgan fingerprint density at radius 2 is 0.769 bits per heavy atom. The maximum Gasteiger partial charge on any atom is 0.305 e. The van der Waals surface area contributed by atoms with Crippen molar-refractivity contribution < 1.29 is 24.5 Å². The first kappa shape index (κ1) is 63.3. The zero-order valence-electron chi connectivity index (χ0n) is 43.7. The van der Waals surface area contributed by atoms with Crippen molar-refractivity contribution in [3.63, 3.8) is 0 Å². The second-order valence-electron chi connectivity index (χ2n) is 20.0. The molecule has 2 unspecified atom stereocenters. The van der Waals surface area contributed by atoms with Gasteiger partial charge in [-0.25, -0.2) is 0 Å². The van der Waals surface area contributed by atoms with Crippen molar-refractivity contribution in [2.75, 3.05) is 13.2 Å². The first-order chi connectivity index (χ1) is 32.0. The van der Waals surface area contributed by atoms with Gasteiger partial charge >= 0.3 is 5.97 Å². The zero-order valence-corrected chi connectivity index (χ0v) is 43.7. The van der Waals surface area contributed by atoms with Crippen LogP contribution < -0.4 is 5.32 Å². The highest BCUT2D eigenvalue weighted by atomic mass is 16.5. The van der Waals surface area contributed by atoms with E-state index >= 15 is 0 Å². The highest BCUT2D eigenvalue weighted by Crippen LogP contribution is 2.17. The number of allylic oxidation sites excluding steroid dienone is 4. The molecule has 0 fully saturated rings. The molecule has 0 rings (SSSR count). The van der Waals surface area contributed by atoms with Crippen LogP contribution >= 0.6 is 0 Å². The van der Waals surface area contributed by atoms with E-state index in [-0.39, 0.29) is 18.5 Å². The number of ether oxygens (including phenoxy) is 1. The summed E-state index contributed by atoms with van der Waals surface area (Å²) in [6.07, 6.45) is 65.9. The zero-order chi connectivity index (χ0) is 47.2. The van der Waals surface area contributed by atoms with E-state index in [0.29, 0.717) is 25.9 Å². The minimum atomic E-state index is -0.674. The standard InChI is InChI=1S/C59H113NO5/c1-3-5-7-9-11-13-15-17-19-21-23-24-27-31-35-39-43-47-51-57(62)56(55-61)60-58(63)52-48-44-40-36-32-28-26-30-34-38-42-46-50-54-65-59(64)53-49-45-41-37-33-29-25-22-20-18-16-14-12-10-8-6-4-2/h12,14,18,20,56-57,61-62H,3-11,13,15-17,19,21-55H2,1-2H3,(H,60,63)/b14-12-,20-18-. The average molecular weight is 917 g/mol. The normalized spacial score (nSPS) is 12.7. The van der Waals surface area contributed by atoms with Crippen LogP contribution in [0.4, 0.5) is 0 Å². The van der Waals surface area contributed by atoms with Gasteiger partial charge in [-0.1, -0.05) is 269 Å². The summed E-state index contributed by atoms with van der Waals surface area (Å²) in [5, 5.41) is 23.3. The van der Waals surface area contributed by atoms with Crippen molar-refractivity contribution in [3.05, 3.63) is 24.3 Å². The minimum absolute atomic E-state index is 0.0126. The van der Waals surface area contributed by atoms with Gasteiger partial charge in [0.05, 0.1) is 25.4 Å². The van der Waals surface area contributed by atoms with Gasteiger partial charge in [-0.15, -0.1) is 0 Å². The van der Waals surface area contributed by atoms with E-state index in [1.54, 1.807) is 0 Å². The Labute approximate surface area is 405 Å². The fourth-order valence-electron chi connectivity index (χ4n) is 9.02. The lowest BCUT2D eigenvalue weighted by Crippen LogP contribution is -2.45. The summed E-state index contributed by atoms with van der Waals surface area (Å²) >= 11 is 0. The lowest BCUT2D eigenvalue weighted by molar-refractivity contribution is -0.143.